The lowest BCUT2D eigenvalue weighted by Gasteiger charge is -2.07. The van der Waals surface area contributed by atoms with E-state index in [2.05, 4.69) is 67.6 Å². The number of aliphatic hydroxyl groups is 1. The Morgan fingerprint density at radius 1 is 0.950 bits per heavy atom. The van der Waals surface area contributed by atoms with Crippen LogP contribution in [0.5, 0.6) is 0 Å². The highest BCUT2D eigenvalue weighted by atomic mass is 16.3. The Labute approximate surface area is 121 Å². The molecule has 0 heterocycles. The number of benzene rings is 2. The molecule has 3 atom stereocenters. The first-order valence-corrected chi connectivity index (χ1v) is 7.45. The second-order valence-corrected chi connectivity index (χ2v) is 6.18. The van der Waals surface area contributed by atoms with Crippen molar-refractivity contribution in [2.45, 2.75) is 25.7 Å². The van der Waals surface area contributed by atoms with Crippen molar-refractivity contribution < 1.29 is 5.11 Å². The Hall–Kier alpha value is -1.60. The summed E-state index contributed by atoms with van der Waals surface area (Å²) >= 11 is 0. The Morgan fingerprint density at radius 2 is 1.55 bits per heavy atom. The van der Waals surface area contributed by atoms with Gasteiger partial charge in [-0.2, -0.15) is 0 Å². The average Bonchev–Trinajstić information content (AvgIpc) is 3.12. The largest absolute Gasteiger partial charge is 0.396 e. The van der Waals surface area contributed by atoms with Crippen molar-refractivity contribution in [3.8, 4) is 0 Å². The predicted molar refractivity (Wildman–Crippen MR) is 82.6 cm³/mol. The molecular weight excluding hydrogens is 244 g/mol. The molecule has 0 unspecified atom stereocenters. The fourth-order valence-electron chi connectivity index (χ4n) is 3.61. The van der Waals surface area contributed by atoms with E-state index < -0.39 is 0 Å². The van der Waals surface area contributed by atoms with Crippen molar-refractivity contribution in [3.63, 3.8) is 0 Å². The van der Waals surface area contributed by atoms with Crippen LogP contribution in [-0.2, 0) is 6.42 Å². The van der Waals surface area contributed by atoms with E-state index in [0.29, 0.717) is 11.8 Å². The van der Waals surface area contributed by atoms with E-state index in [0.717, 1.165) is 12.8 Å². The molecule has 104 valence electrons. The van der Waals surface area contributed by atoms with E-state index in [4.69, 9.17) is 0 Å². The first kappa shape index (κ1) is 13.4. The van der Waals surface area contributed by atoms with Gasteiger partial charge in [0.2, 0.25) is 0 Å². The van der Waals surface area contributed by atoms with E-state index in [1.165, 1.54) is 11.1 Å². The van der Waals surface area contributed by atoms with Gasteiger partial charge >= 0.3 is 0 Å². The van der Waals surface area contributed by atoms with Crippen LogP contribution in [0.15, 0.2) is 60.7 Å². The molecule has 0 aromatic heterocycles. The van der Waals surface area contributed by atoms with E-state index in [-0.39, 0.29) is 12.0 Å². The quantitative estimate of drug-likeness (QED) is 0.866. The van der Waals surface area contributed by atoms with Crippen molar-refractivity contribution in [3.05, 3.63) is 71.8 Å². The summed E-state index contributed by atoms with van der Waals surface area (Å²) in [5, 5.41) is 9.76. The summed E-state index contributed by atoms with van der Waals surface area (Å²) in [6.07, 6.45) is 2.26. The smallest absolute Gasteiger partial charge is 0.0493 e. The topological polar surface area (TPSA) is 20.2 Å². The maximum Gasteiger partial charge on any atom is 0.0493 e. The van der Waals surface area contributed by atoms with E-state index in [1.807, 2.05) is 0 Å². The summed E-state index contributed by atoms with van der Waals surface area (Å²) in [6, 6.07) is 21.3. The van der Waals surface area contributed by atoms with Gasteiger partial charge in [0.05, 0.1) is 0 Å². The van der Waals surface area contributed by atoms with Gasteiger partial charge in [0.1, 0.15) is 0 Å². The molecule has 0 saturated heterocycles. The van der Waals surface area contributed by atoms with Gasteiger partial charge in [-0.15, -0.1) is 0 Å². The molecule has 1 heteroatoms. The Balaban J connectivity index is 1.70. The fraction of sp³-hybridized carbons (Fsp3) is 0.368. The monoisotopic (exact) mass is 266 g/mol. The number of hydrogen-bond acceptors (Lipinski definition) is 1. The van der Waals surface area contributed by atoms with Crippen molar-refractivity contribution in [2.75, 3.05) is 6.61 Å². The maximum atomic E-state index is 9.76. The molecule has 0 aliphatic heterocycles. The lowest BCUT2D eigenvalue weighted by atomic mass is 10.0. The predicted octanol–water partition coefficient (Wildman–Crippen LogP) is 4.03. The molecule has 1 aliphatic rings. The molecule has 0 spiro atoms. The van der Waals surface area contributed by atoms with Gasteiger partial charge in [-0.25, -0.2) is 0 Å². The lowest BCUT2D eigenvalue weighted by molar-refractivity contribution is 0.207. The second kappa shape index (κ2) is 5.41. The highest BCUT2D eigenvalue weighted by Crippen LogP contribution is 2.66. The maximum absolute atomic E-state index is 9.76. The summed E-state index contributed by atoms with van der Waals surface area (Å²) in [4.78, 5) is 0. The molecule has 1 N–H and O–H groups in total. The third kappa shape index (κ3) is 2.38. The first-order chi connectivity index (χ1) is 9.75. The van der Waals surface area contributed by atoms with E-state index in [9.17, 15) is 5.11 Å². The van der Waals surface area contributed by atoms with Crippen LogP contribution in [0.25, 0.3) is 0 Å². The SMILES string of the molecule is C[C@]1(CO)[C@H](c2ccccc2)[C@@H]1CCc1ccccc1. The molecule has 0 radical (unpaired) electrons. The molecule has 3 rings (SSSR count). The Morgan fingerprint density at radius 3 is 2.15 bits per heavy atom. The van der Waals surface area contributed by atoms with Crippen LogP contribution in [-0.4, -0.2) is 11.7 Å². The molecular formula is C19H22O. The molecule has 1 fully saturated rings. The summed E-state index contributed by atoms with van der Waals surface area (Å²) in [7, 11) is 0. The lowest BCUT2D eigenvalue weighted by Crippen LogP contribution is -2.06. The van der Waals surface area contributed by atoms with Crippen molar-refractivity contribution in [1.82, 2.24) is 0 Å². The number of hydrogen-bond donors (Lipinski definition) is 1. The zero-order chi connectivity index (χ0) is 14.0. The van der Waals surface area contributed by atoms with Gasteiger partial charge in [-0.3, -0.25) is 0 Å². The number of aryl methyl sites for hydroxylation is 1. The van der Waals surface area contributed by atoms with Crippen LogP contribution in [0.3, 0.4) is 0 Å². The minimum atomic E-state index is 0.0656. The zero-order valence-corrected chi connectivity index (χ0v) is 12.0. The van der Waals surface area contributed by atoms with Gasteiger partial charge in [0.25, 0.3) is 0 Å². The van der Waals surface area contributed by atoms with Gasteiger partial charge in [-0.1, -0.05) is 67.6 Å². The third-order valence-corrected chi connectivity index (χ3v) is 4.94. The van der Waals surface area contributed by atoms with Gasteiger partial charge in [-0.05, 0) is 35.8 Å². The number of aliphatic hydroxyl groups excluding tert-OH is 1. The molecule has 1 saturated carbocycles. The number of rotatable bonds is 5. The highest BCUT2D eigenvalue weighted by Gasteiger charge is 2.60. The van der Waals surface area contributed by atoms with Gasteiger partial charge < -0.3 is 5.11 Å². The van der Waals surface area contributed by atoms with E-state index in [1.54, 1.807) is 0 Å². The van der Waals surface area contributed by atoms with Gasteiger partial charge in [0, 0.05) is 12.0 Å². The highest BCUT2D eigenvalue weighted by molar-refractivity contribution is 5.32. The minimum absolute atomic E-state index is 0.0656. The molecule has 20 heavy (non-hydrogen) atoms. The molecule has 0 amide bonds. The zero-order valence-electron chi connectivity index (χ0n) is 12.0. The summed E-state index contributed by atoms with van der Waals surface area (Å²) < 4.78 is 0. The van der Waals surface area contributed by atoms with Gasteiger partial charge in [0.15, 0.2) is 0 Å². The van der Waals surface area contributed by atoms with Crippen LogP contribution in [0.4, 0.5) is 0 Å². The standard InChI is InChI=1S/C19H22O/c1-19(14-20)17(13-12-15-8-4-2-5-9-15)18(19)16-10-6-3-7-11-16/h2-11,17-18,20H,12-14H2,1H3/t17-,18+,19+/m0/s1. The molecule has 0 bridgehead atoms. The second-order valence-electron chi connectivity index (χ2n) is 6.18. The van der Waals surface area contributed by atoms with Crippen molar-refractivity contribution >= 4 is 0 Å². The van der Waals surface area contributed by atoms with Crippen molar-refractivity contribution in [1.29, 1.82) is 0 Å². The summed E-state index contributed by atoms with van der Waals surface area (Å²) in [5.41, 5.74) is 2.84. The first-order valence-electron chi connectivity index (χ1n) is 7.45. The van der Waals surface area contributed by atoms with Crippen LogP contribution in [0.1, 0.15) is 30.4 Å². The average molecular weight is 266 g/mol. The summed E-state index contributed by atoms with van der Waals surface area (Å²) in [5.74, 6) is 1.10. The van der Waals surface area contributed by atoms with Crippen LogP contribution in [0.2, 0.25) is 0 Å². The molecule has 1 nitrogen and oxygen atoms in total. The molecule has 1 aliphatic carbocycles. The Bertz CT molecular complexity index is 548. The minimum Gasteiger partial charge on any atom is -0.396 e. The normalized spacial score (nSPS) is 28.3. The van der Waals surface area contributed by atoms with E-state index >= 15 is 0 Å². The van der Waals surface area contributed by atoms with Crippen molar-refractivity contribution in [2.24, 2.45) is 11.3 Å². The third-order valence-electron chi connectivity index (χ3n) is 4.94. The van der Waals surface area contributed by atoms with Crippen LogP contribution < -0.4 is 0 Å². The van der Waals surface area contributed by atoms with Crippen LogP contribution in [0, 0.1) is 11.3 Å². The van der Waals surface area contributed by atoms with Crippen LogP contribution >= 0.6 is 0 Å². The molecule has 2 aromatic carbocycles. The fourth-order valence-corrected chi connectivity index (χ4v) is 3.61. The molecule has 2 aromatic rings. The summed E-state index contributed by atoms with van der Waals surface area (Å²) in [6.45, 7) is 2.51. The Kier molecular flexibility index (Phi) is 3.62.